The number of methoxy groups -OCH3 is 3. The lowest BCUT2D eigenvalue weighted by Gasteiger charge is -2.29. The van der Waals surface area contributed by atoms with Gasteiger partial charge in [-0.05, 0) is 47.9 Å². The Morgan fingerprint density at radius 3 is 2.39 bits per heavy atom. The second kappa shape index (κ2) is 9.30. The van der Waals surface area contributed by atoms with Crippen molar-refractivity contribution in [3.8, 4) is 17.2 Å². The quantitative estimate of drug-likeness (QED) is 0.709. The van der Waals surface area contributed by atoms with E-state index in [-0.39, 0.29) is 5.91 Å². The Kier molecular flexibility index (Phi) is 6.80. The molecule has 0 bridgehead atoms. The zero-order valence-electron chi connectivity index (χ0n) is 16.4. The summed E-state index contributed by atoms with van der Waals surface area (Å²) in [6.07, 6.45) is 0.948. The maximum atomic E-state index is 12.5. The molecule has 1 aliphatic rings. The first-order valence-electron chi connectivity index (χ1n) is 9.13. The van der Waals surface area contributed by atoms with Gasteiger partial charge < -0.3 is 19.5 Å². The summed E-state index contributed by atoms with van der Waals surface area (Å²) in [4.78, 5) is 14.8. The number of amides is 1. The third-order valence-electron chi connectivity index (χ3n) is 4.92. The molecule has 0 spiro atoms. The van der Waals surface area contributed by atoms with Gasteiger partial charge in [0.25, 0.3) is 5.91 Å². The third-order valence-corrected chi connectivity index (χ3v) is 5.41. The van der Waals surface area contributed by atoms with Gasteiger partial charge in [0.1, 0.15) is 5.75 Å². The summed E-state index contributed by atoms with van der Waals surface area (Å²) in [6, 6.07) is 9.51. The van der Waals surface area contributed by atoms with Gasteiger partial charge in [0.15, 0.2) is 11.5 Å². The standard InChI is InChI=1S/C21H25BrN2O4/c1-26-18-5-4-16(22)12-17(18)21(25)23-7-9-24-8-6-14-10-19(27-2)20(28-3)11-15(14)13-24/h4-5,10-12H,6-9,13H2,1-3H3,(H,23,25)/i22-4. The minimum Gasteiger partial charge on any atom is -0.496 e. The van der Waals surface area contributed by atoms with Crippen LogP contribution in [0.15, 0.2) is 34.8 Å². The van der Waals surface area contributed by atoms with E-state index in [0.29, 0.717) is 17.9 Å². The molecule has 0 radical (unpaired) electrons. The first kappa shape index (κ1) is 20.5. The molecule has 2 aromatic rings. The first-order chi connectivity index (χ1) is 13.5. The van der Waals surface area contributed by atoms with Crippen molar-refractivity contribution in [2.24, 2.45) is 0 Å². The molecule has 0 saturated heterocycles. The molecule has 1 amide bonds. The Morgan fingerprint density at radius 1 is 1.04 bits per heavy atom. The number of rotatable bonds is 7. The van der Waals surface area contributed by atoms with Crippen molar-refractivity contribution in [3.63, 3.8) is 0 Å². The number of fused-ring (bicyclic) bond motifs is 1. The van der Waals surface area contributed by atoms with Gasteiger partial charge in [0, 0.05) is 30.7 Å². The predicted molar refractivity (Wildman–Crippen MR) is 112 cm³/mol. The van der Waals surface area contributed by atoms with Crippen LogP contribution in [0.5, 0.6) is 17.2 Å². The predicted octanol–water partition coefficient (Wildman–Crippen LogP) is 3.26. The zero-order chi connectivity index (χ0) is 20.1. The van der Waals surface area contributed by atoms with E-state index in [1.165, 1.54) is 11.1 Å². The van der Waals surface area contributed by atoms with E-state index in [4.69, 9.17) is 14.2 Å². The molecule has 1 heterocycles. The van der Waals surface area contributed by atoms with Crippen LogP contribution in [0.25, 0.3) is 0 Å². The van der Waals surface area contributed by atoms with Crippen molar-refractivity contribution in [2.75, 3.05) is 41.0 Å². The second-order valence-corrected chi connectivity index (χ2v) is 7.52. The van der Waals surface area contributed by atoms with Crippen molar-refractivity contribution < 1.29 is 19.0 Å². The third kappa shape index (κ3) is 4.59. The Labute approximate surface area is 173 Å². The number of nitrogens with one attached hydrogen (secondary N) is 1. The Morgan fingerprint density at radius 2 is 1.71 bits per heavy atom. The van der Waals surface area contributed by atoms with Crippen LogP contribution in [0.3, 0.4) is 0 Å². The van der Waals surface area contributed by atoms with Crippen molar-refractivity contribution >= 4 is 21.8 Å². The molecule has 150 valence electrons. The van der Waals surface area contributed by atoms with Gasteiger partial charge in [0.05, 0.1) is 26.9 Å². The highest BCUT2D eigenvalue weighted by molar-refractivity contribution is 9.10. The van der Waals surface area contributed by atoms with Crippen LogP contribution in [0.4, 0.5) is 0 Å². The van der Waals surface area contributed by atoms with E-state index in [9.17, 15) is 4.79 Å². The lowest BCUT2D eigenvalue weighted by molar-refractivity contribution is 0.0944. The van der Waals surface area contributed by atoms with Crippen LogP contribution in [-0.2, 0) is 13.0 Å². The van der Waals surface area contributed by atoms with E-state index in [2.05, 4.69) is 32.2 Å². The Bertz CT molecular complexity index is 857. The fourth-order valence-corrected chi connectivity index (χ4v) is 3.77. The molecule has 0 aromatic heterocycles. The lowest BCUT2D eigenvalue weighted by atomic mass is 9.99. The summed E-state index contributed by atoms with van der Waals surface area (Å²) >= 11 is 3.40. The van der Waals surface area contributed by atoms with E-state index in [0.717, 1.165) is 42.0 Å². The molecule has 0 unspecified atom stereocenters. The summed E-state index contributed by atoms with van der Waals surface area (Å²) < 4.78 is 16.9. The minimum atomic E-state index is -0.137. The Balaban J connectivity index is 1.58. The molecule has 0 fully saturated rings. The number of hydrogen-bond acceptors (Lipinski definition) is 5. The number of nitrogens with zero attached hydrogens (tertiary/aromatic N) is 1. The summed E-state index contributed by atoms with van der Waals surface area (Å²) in [6.45, 7) is 3.11. The number of ether oxygens (including phenoxy) is 3. The molecule has 3 rings (SSSR count). The highest BCUT2D eigenvalue weighted by Gasteiger charge is 2.20. The second-order valence-electron chi connectivity index (χ2n) is 6.60. The number of benzene rings is 2. The van der Waals surface area contributed by atoms with E-state index in [1.54, 1.807) is 33.5 Å². The van der Waals surface area contributed by atoms with Crippen LogP contribution < -0.4 is 19.5 Å². The van der Waals surface area contributed by atoms with Crippen molar-refractivity contribution in [2.45, 2.75) is 13.0 Å². The van der Waals surface area contributed by atoms with E-state index < -0.39 is 0 Å². The van der Waals surface area contributed by atoms with Crippen LogP contribution in [0.2, 0.25) is 0 Å². The average molecular weight is 445 g/mol. The van der Waals surface area contributed by atoms with Crippen LogP contribution in [0.1, 0.15) is 21.5 Å². The summed E-state index contributed by atoms with van der Waals surface area (Å²) in [5.74, 6) is 1.94. The fourth-order valence-electron chi connectivity index (χ4n) is 3.41. The van der Waals surface area contributed by atoms with Gasteiger partial charge in [-0.25, -0.2) is 0 Å². The van der Waals surface area contributed by atoms with Gasteiger partial charge >= 0.3 is 0 Å². The summed E-state index contributed by atoms with van der Waals surface area (Å²) in [7, 11) is 4.87. The topological polar surface area (TPSA) is 60.0 Å². The lowest BCUT2D eigenvalue weighted by Crippen LogP contribution is -2.38. The van der Waals surface area contributed by atoms with Crippen LogP contribution in [0, 0.1) is 0 Å². The molecule has 6 nitrogen and oxygen atoms in total. The van der Waals surface area contributed by atoms with Gasteiger partial charge in [-0.2, -0.15) is 0 Å². The fraction of sp³-hybridized carbons (Fsp3) is 0.381. The zero-order valence-corrected chi connectivity index (χ0v) is 18.0. The molecule has 1 N–H and O–H groups in total. The average Bonchev–Trinajstić information content (AvgIpc) is 2.72. The monoisotopic (exact) mass is 445 g/mol. The van der Waals surface area contributed by atoms with Crippen LogP contribution in [-0.4, -0.2) is 51.8 Å². The number of carbonyl (C=O) groups is 1. The maximum absolute atomic E-state index is 12.5. The van der Waals surface area contributed by atoms with Crippen molar-refractivity contribution in [3.05, 3.63) is 51.5 Å². The van der Waals surface area contributed by atoms with Gasteiger partial charge in [-0.15, -0.1) is 0 Å². The SMILES string of the molecule is COc1cc2c(cc1OC)CN(CCNC(=O)c1cc([76Br])ccc1OC)CC2. The normalized spacial score (nSPS) is 13.6. The smallest absolute Gasteiger partial charge is 0.255 e. The number of halogens is 1. The van der Waals surface area contributed by atoms with Crippen molar-refractivity contribution in [1.82, 2.24) is 10.2 Å². The highest BCUT2D eigenvalue weighted by atomic mass is 75.9. The Hall–Kier alpha value is -2.25. The van der Waals surface area contributed by atoms with Gasteiger partial charge in [-0.1, -0.05) is 15.9 Å². The molecule has 7 heteroatoms. The van der Waals surface area contributed by atoms with Crippen molar-refractivity contribution in [1.29, 1.82) is 0 Å². The van der Waals surface area contributed by atoms with E-state index >= 15 is 0 Å². The highest BCUT2D eigenvalue weighted by Crippen LogP contribution is 2.33. The molecular formula is C21H25BrN2O4. The molecular weight excluding hydrogens is 420 g/mol. The molecule has 0 saturated carbocycles. The number of carbonyl (C=O) groups excluding carboxylic acids is 1. The van der Waals surface area contributed by atoms with Gasteiger partial charge in [0.2, 0.25) is 0 Å². The van der Waals surface area contributed by atoms with Crippen LogP contribution >= 0.6 is 15.9 Å². The summed E-state index contributed by atoms with van der Waals surface area (Å²) in [5.41, 5.74) is 3.05. The number of hydrogen-bond donors (Lipinski definition) is 1. The largest absolute Gasteiger partial charge is 0.496 e. The summed E-state index contributed by atoms with van der Waals surface area (Å²) in [5, 5.41) is 2.99. The molecule has 0 atom stereocenters. The first-order valence-corrected chi connectivity index (χ1v) is 9.93. The molecule has 0 aliphatic carbocycles. The van der Waals surface area contributed by atoms with E-state index in [1.807, 2.05) is 12.1 Å². The maximum Gasteiger partial charge on any atom is 0.255 e. The molecule has 1 aliphatic heterocycles. The molecule has 2 aromatic carbocycles. The minimum absolute atomic E-state index is 0.137. The van der Waals surface area contributed by atoms with Gasteiger partial charge in [-0.3, -0.25) is 9.69 Å². The molecule has 28 heavy (non-hydrogen) atoms.